The fourth-order valence-electron chi connectivity index (χ4n) is 1.54. The Hall–Kier alpha value is -2.02. The molecule has 1 aromatic carbocycles. The van der Waals surface area contributed by atoms with Crippen LogP contribution < -0.4 is 10.9 Å². The minimum Gasteiger partial charge on any atom is -0.348 e. The molecule has 20 heavy (non-hydrogen) atoms. The molecule has 0 aliphatic rings. The largest absolute Gasteiger partial charge is 0.348 e. The van der Waals surface area contributed by atoms with Crippen molar-refractivity contribution in [3.8, 4) is 0 Å². The third-order valence-corrected chi connectivity index (χ3v) is 3.16. The average molecular weight is 343 g/mol. The number of carbonyl (C=O) groups excluding carboxylic acids is 1. The van der Waals surface area contributed by atoms with E-state index in [0.717, 1.165) is 18.2 Å². The van der Waals surface area contributed by atoms with Crippen molar-refractivity contribution >= 4 is 21.8 Å². The minimum atomic E-state index is -0.602. The number of benzene rings is 1. The summed E-state index contributed by atoms with van der Waals surface area (Å²) in [6.45, 7) is -0.154. The molecule has 2 aromatic rings. The van der Waals surface area contributed by atoms with E-state index < -0.39 is 17.5 Å². The standard InChI is InChI=1S/C13H9BrF2N2O2/c14-10-4-8(6-18-13(10)20)12(19)17-5-7-3-9(15)1-2-11(7)16/h1-4,6H,5H2,(H,17,19)(H,18,20). The highest BCUT2D eigenvalue weighted by Gasteiger charge is 2.09. The van der Waals surface area contributed by atoms with Crippen molar-refractivity contribution in [3.05, 3.63) is 68.1 Å². The second-order valence-corrected chi connectivity index (χ2v) is 4.84. The number of aromatic amines is 1. The molecule has 2 N–H and O–H groups in total. The predicted molar refractivity (Wildman–Crippen MR) is 72.3 cm³/mol. The molecular weight excluding hydrogens is 334 g/mol. The number of aromatic nitrogens is 1. The van der Waals surface area contributed by atoms with Crippen molar-refractivity contribution in [2.45, 2.75) is 6.54 Å². The summed E-state index contributed by atoms with van der Waals surface area (Å²) in [5.41, 5.74) is -0.118. The van der Waals surface area contributed by atoms with Gasteiger partial charge in [-0.3, -0.25) is 9.59 Å². The molecule has 0 bridgehead atoms. The maximum atomic E-state index is 13.4. The van der Waals surface area contributed by atoms with Crippen LogP contribution in [0.1, 0.15) is 15.9 Å². The van der Waals surface area contributed by atoms with E-state index in [9.17, 15) is 18.4 Å². The molecule has 0 radical (unpaired) electrons. The zero-order chi connectivity index (χ0) is 14.7. The molecule has 0 fully saturated rings. The third-order valence-electron chi connectivity index (χ3n) is 2.57. The molecule has 0 atom stereocenters. The minimum absolute atomic E-state index is 0.0434. The smallest absolute Gasteiger partial charge is 0.262 e. The quantitative estimate of drug-likeness (QED) is 0.899. The lowest BCUT2D eigenvalue weighted by Gasteiger charge is -2.06. The van der Waals surface area contributed by atoms with E-state index in [0.29, 0.717) is 0 Å². The van der Waals surface area contributed by atoms with Crippen molar-refractivity contribution in [2.75, 3.05) is 0 Å². The first kappa shape index (κ1) is 14.4. The Morgan fingerprint density at radius 1 is 1.30 bits per heavy atom. The van der Waals surface area contributed by atoms with Gasteiger partial charge in [0.2, 0.25) is 0 Å². The van der Waals surface area contributed by atoms with Gasteiger partial charge in [-0.25, -0.2) is 8.78 Å². The first-order chi connectivity index (χ1) is 9.47. The van der Waals surface area contributed by atoms with Crippen molar-refractivity contribution in [1.29, 1.82) is 0 Å². The van der Waals surface area contributed by atoms with Gasteiger partial charge in [0, 0.05) is 18.3 Å². The van der Waals surface area contributed by atoms with E-state index in [1.807, 2.05) is 0 Å². The molecule has 0 saturated carbocycles. The van der Waals surface area contributed by atoms with Gasteiger partial charge in [-0.2, -0.15) is 0 Å². The highest BCUT2D eigenvalue weighted by atomic mass is 79.9. The molecule has 104 valence electrons. The van der Waals surface area contributed by atoms with Crippen molar-refractivity contribution in [3.63, 3.8) is 0 Å². The molecule has 4 nitrogen and oxygen atoms in total. The number of rotatable bonds is 3. The van der Waals surface area contributed by atoms with Crippen LogP contribution in [0.15, 0.2) is 39.7 Å². The number of H-pyrrole nitrogens is 1. The monoisotopic (exact) mass is 342 g/mol. The highest BCUT2D eigenvalue weighted by molar-refractivity contribution is 9.10. The fraction of sp³-hybridized carbons (Fsp3) is 0.0769. The molecule has 1 aromatic heterocycles. The first-order valence-corrected chi connectivity index (χ1v) is 6.37. The third kappa shape index (κ3) is 3.30. The lowest BCUT2D eigenvalue weighted by atomic mass is 10.2. The topological polar surface area (TPSA) is 62.0 Å². The molecule has 1 heterocycles. The van der Waals surface area contributed by atoms with Crippen molar-refractivity contribution < 1.29 is 13.6 Å². The summed E-state index contributed by atoms with van der Waals surface area (Å²) in [6.07, 6.45) is 1.24. The molecule has 0 aliphatic carbocycles. The van der Waals surface area contributed by atoms with Gasteiger partial charge in [0.05, 0.1) is 10.0 Å². The van der Waals surface area contributed by atoms with Crippen LogP contribution in [0.5, 0.6) is 0 Å². The van der Waals surface area contributed by atoms with Crippen LogP contribution in [0, 0.1) is 11.6 Å². The van der Waals surface area contributed by atoms with Gasteiger partial charge >= 0.3 is 0 Å². The van der Waals surface area contributed by atoms with Gasteiger partial charge in [-0.05, 0) is 40.2 Å². The summed E-state index contributed by atoms with van der Waals surface area (Å²) in [5, 5.41) is 2.44. The summed E-state index contributed by atoms with van der Waals surface area (Å²) in [7, 11) is 0. The van der Waals surface area contributed by atoms with Gasteiger partial charge in [0.15, 0.2) is 0 Å². The van der Waals surface area contributed by atoms with E-state index >= 15 is 0 Å². The lowest BCUT2D eigenvalue weighted by molar-refractivity contribution is 0.0950. The van der Waals surface area contributed by atoms with E-state index in [1.54, 1.807) is 0 Å². The molecule has 0 aliphatic heterocycles. The Kier molecular flexibility index (Phi) is 4.29. The number of hydrogen-bond acceptors (Lipinski definition) is 2. The van der Waals surface area contributed by atoms with Crippen molar-refractivity contribution in [1.82, 2.24) is 10.3 Å². The summed E-state index contributed by atoms with van der Waals surface area (Å²) in [4.78, 5) is 25.3. The number of pyridine rings is 1. The van der Waals surface area contributed by atoms with Crippen LogP contribution in [0.25, 0.3) is 0 Å². The van der Waals surface area contributed by atoms with E-state index in [1.165, 1.54) is 12.3 Å². The van der Waals surface area contributed by atoms with Gasteiger partial charge in [0.1, 0.15) is 11.6 Å². The Morgan fingerprint density at radius 3 is 2.75 bits per heavy atom. The summed E-state index contributed by atoms with van der Waals surface area (Å²) in [5.74, 6) is -1.69. The van der Waals surface area contributed by atoms with Crippen LogP contribution in [-0.4, -0.2) is 10.9 Å². The second kappa shape index (κ2) is 5.96. The van der Waals surface area contributed by atoms with Gasteiger partial charge in [-0.15, -0.1) is 0 Å². The van der Waals surface area contributed by atoms with Crippen LogP contribution in [0.4, 0.5) is 8.78 Å². The average Bonchev–Trinajstić information content (AvgIpc) is 2.42. The predicted octanol–water partition coefficient (Wildman–Crippen LogP) is 2.35. The molecular formula is C13H9BrF2N2O2. The summed E-state index contributed by atoms with van der Waals surface area (Å²) in [6, 6.07) is 4.35. The Bertz CT molecular complexity index is 716. The zero-order valence-electron chi connectivity index (χ0n) is 10.0. The molecule has 0 unspecified atom stereocenters. The number of halogens is 3. The molecule has 0 saturated heterocycles. The van der Waals surface area contributed by atoms with Gasteiger partial charge in [-0.1, -0.05) is 0 Å². The van der Waals surface area contributed by atoms with Crippen LogP contribution in [-0.2, 0) is 6.54 Å². The van der Waals surface area contributed by atoms with Gasteiger partial charge < -0.3 is 10.3 Å². The second-order valence-electron chi connectivity index (χ2n) is 3.98. The van der Waals surface area contributed by atoms with Crippen LogP contribution in [0.3, 0.4) is 0 Å². The Morgan fingerprint density at radius 2 is 2.05 bits per heavy atom. The van der Waals surface area contributed by atoms with E-state index in [-0.39, 0.29) is 27.7 Å². The summed E-state index contributed by atoms with van der Waals surface area (Å²) < 4.78 is 26.5. The maximum absolute atomic E-state index is 13.4. The normalized spacial score (nSPS) is 10.3. The maximum Gasteiger partial charge on any atom is 0.262 e. The fourth-order valence-corrected chi connectivity index (χ4v) is 1.90. The van der Waals surface area contributed by atoms with Crippen LogP contribution in [0.2, 0.25) is 0 Å². The number of amides is 1. The molecule has 1 amide bonds. The number of carbonyl (C=O) groups is 1. The van der Waals surface area contributed by atoms with E-state index in [2.05, 4.69) is 26.2 Å². The molecule has 7 heteroatoms. The highest BCUT2D eigenvalue weighted by Crippen LogP contribution is 2.10. The van der Waals surface area contributed by atoms with E-state index in [4.69, 9.17) is 0 Å². The van der Waals surface area contributed by atoms with Crippen molar-refractivity contribution in [2.24, 2.45) is 0 Å². The van der Waals surface area contributed by atoms with Crippen LogP contribution >= 0.6 is 15.9 Å². The van der Waals surface area contributed by atoms with Gasteiger partial charge in [0.25, 0.3) is 11.5 Å². The number of nitrogens with one attached hydrogen (secondary N) is 2. The molecule has 2 rings (SSSR count). The molecule has 0 spiro atoms. The lowest BCUT2D eigenvalue weighted by Crippen LogP contribution is -2.24. The first-order valence-electron chi connectivity index (χ1n) is 5.58. The summed E-state index contributed by atoms with van der Waals surface area (Å²) >= 11 is 3.00. The Balaban J connectivity index is 2.10. The SMILES string of the molecule is O=C(NCc1cc(F)ccc1F)c1c[nH]c(=O)c(Br)c1. The zero-order valence-corrected chi connectivity index (χ0v) is 11.6. The Labute approximate surface area is 121 Å². The number of hydrogen-bond donors (Lipinski definition) is 2.